The van der Waals surface area contributed by atoms with Crippen molar-refractivity contribution in [3.05, 3.63) is 57.8 Å². The minimum absolute atomic E-state index is 0.114. The van der Waals surface area contributed by atoms with Crippen molar-refractivity contribution in [2.45, 2.75) is 13.5 Å². The van der Waals surface area contributed by atoms with Crippen LogP contribution in [-0.2, 0) is 6.54 Å². The van der Waals surface area contributed by atoms with Crippen LogP contribution in [0, 0.1) is 6.92 Å². The molecule has 0 spiro atoms. The Balaban J connectivity index is 2.23. The normalized spacial score (nSPS) is 10.3. The van der Waals surface area contributed by atoms with Crippen molar-refractivity contribution in [1.29, 1.82) is 0 Å². The number of hydrogen-bond donors (Lipinski definition) is 1. The third-order valence-corrected chi connectivity index (χ3v) is 2.39. The number of aromatic nitrogens is 3. The van der Waals surface area contributed by atoms with Gasteiger partial charge in [-0.05, 0) is 24.6 Å². The second kappa shape index (κ2) is 4.79. The van der Waals surface area contributed by atoms with Gasteiger partial charge in [-0.1, -0.05) is 0 Å². The molecular formula is C12H11N3O3. The second-order valence-corrected chi connectivity index (χ2v) is 3.87. The number of pyridine rings is 1. The molecule has 2 aromatic heterocycles. The highest BCUT2D eigenvalue weighted by molar-refractivity contribution is 5.87. The predicted molar refractivity (Wildman–Crippen MR) is 63.5 cm³/mol. The Kier molecular flexibility index (Phi) is 3.18. The van der Waals surface area contributed by atoms with Crippen molar-refractivity contribution in [3.63, 3.8) is 0 Å². The van der Waals surface area contributed by atoms with E-state index in [1.54, 1.807) is 19.2 Å². The highest BCUT2D eigenvalue weighted by Gasteiger charge is 2.04. The number of carbonyl (C=O) groups is 1. The molecule has 2 aromatic rings. The maximum absolute atomic E-state index is 11.6. The lowest BCUT2D eigenvalue weighted by Gasteiger charge is -2.04. The lowest BCUT2D eigenvalue weighted by atomic mass is 10.2. The quantitative estimate of drug-likeness (QED) is 0.860. The van der Waals surface area contributed by atoms with Gasteiger partial charge in [-0.15, -0.1) is 0 Å². The number of rotatable bonds is 3. The van der Waals surface area contributed by atoms with Crippen LogP contribution in [0.15, 0.2) is 35.4 Å². The Morgan fingerprint density at radius 1 is 1.39 bits per heavy atom. The zero-order valence-corrected chi connectivity index (χ0v) is 9.70. The fourth-order valence-corrected chi connectivity index (χ4v) is 1.44. The first-order valence-electron chi connectivity index (χ1n) is 5.28. The minimum Gasteiger partial charge on any atom is -0.478 e. The van der Waals surface area contributed by atoms with Gasteiger partial charge in [0.25, 0.3) is 5.56 Å². The second-order valence-electron chi connectivity index (χ2n) is 3.87. The topological polar surface area (TPSA) is 85.1 Å². The molecule has 0 radical (unpaired) electrons. The van der Waals surface area contributed by atoms with E-state index in [1.165, 1.54) is 23.0 Å². The molecule has 0 atom stereocenters. The minimum atomic E-state index is -1.03. The highest BCUT2D eigenvalue weighted by atomic mass is 16.4. The van der Waals surface area contributed by atoms with Gasteiger partial charge in [0, 0.05) is 12.3 Å². The van der Waals surface area contributed by atoms with Gasteiger partial charge < -0.3 is 5.11 Å². The molecule has 0 bridgehead atoms. The summed E-state index contributed by atoms with van der Waals surface area (Å²) in [5, 5.41) is 12.7. The van der Waals surface area contributed by atoms with Crippen LogP contribution in [0.3, 0.4) is 0 Å². The van der Waals surface area contributed by atoms with Crippen LogP contribution in [-0.4, -0.2) is 25.8 Å². The molecule has 6 heteroatoms. The molecule has 0 amide bonds. The smallest absolute Gasteiger partial charge is 0.337 e. The molecule has 0 aliphatic rings. The maximum Gasteiger partial charge on any atom is 0.337 e. The lowest BCUT2D eigenvalue weighted by molar-refractivity contribution is 0.0696. The Morgan fingerprint density at radius 3 is 2.72 bits per heavy atom. The zero-order chi connectivity index (χ0) is 13.1. The van der Waals surface area contributed by atoms with Gasteiger partial charge in [0.1, 0.15) is 0 Å². The van der Waals surface area contributed by atoms with Gasteiger partial charge in [0.05, 0.1) is 24.0 Å². The van der Waals surface area contributed by atoms with E-state index >= 15 is 0 Å². The lowest BCUT2D eigenvalue weighted by Crippen LogP contribution is -2.23. The van der Waals surface area contributed by atoms with E-state index in [-0.39, 0.29) is 17.7 Å². The summed E-state index contributed by atoms with van der Waals surface area (Å²) < 4.78 is 1.27. The Bertz CT molecular complexity index is 632. The molecule has 2 rings (SSSR count). The Hall–Kier alpha value is -2.50. The van der Waals surface area contributed by atoms with Crippen molar-refractivity contribution in [2.24, 2.45) is 0 Å². The number of carboxylic acids is 1. The summed E-state index contributed by atoms with van der Waals surface area (Å²) in [6.07, 6.45) is 2.85. The van der Waals surface area contributed by atoms with E-state index in [0.717, 1.165) is 5.56 Å². The Labute approximate surface area is 103 Å². The fourth-order valence-electron chi connectivity index (χ4n) is 1.44. The van der Waals surface area contributed by atoms with Crippen molar-refractivity contribution < 1.29 is 9.90 Å². The molecule has 1 N–H and O–H groups in total. The molecule has 92 valence electrons. The van der Waals surface area contributed by atoms with Crippen LogP contribution in [0.1, 0.15) is 21.6 Å². The molecule has 0 unspecified atom stereocenters. The number of aromatic carboxylic acids is 1. The maximum atomic E-state index is 11.6. The zero-order valence-electron chi connectivity index (χ0n) is 9.70. The number of carboxylic acid groups (broad SMARTS) is 1. The molecule has 2 heterocycles. The summed E-state index contributed by atoms with van der Waals surface area (Å²) in [5.74, 6) is -1.03. The monoisotopic (exact) mass is 245 g/mol. The molecule has 0 aliphatic heterocycles. The summed E-state index contributed by atoms with van der Waals surface area (Å²) in [7, 11) is 0. The van der Waals surface area contributed by atoms with Crippen LogP contribution >= 0.6 is 0 Å². The van der Waals surface area contributed by atoms with Crippen LogP contribution in [0.5, 0.6) is 0 Å². The van der Waals surface area contributed by atoms with Crippen molar-refractivity contribution in [1.82, 2.24) is 14.8 Å². The van der Waals surface area contributed by atoms with E-state index in [1.807, 2.05) is 0 Å². The van der Waals surface area contributed by atoms with Crippen LogP contribution < -0.4 is 5.56 Å². The number of hydrogen-bond acceptors (Lipinski definition) is 4. The molecule has 18 heavy (non-hydrogen) atoms. The van der Waals surface area contributed by atoms with Gasteiger partial charge in [-0.2, -0.15) is 5.10 Å². The summed E-state index contributed by atoms with van der Waals surface area (Å²) in [6, 6.07) is 4.50. The fraction of sp³-hybridized carbons (Fsp3) is 0.167. The van der Waals surface area contributed by atoms with Crippen LogP contribution in [0.25, 0.3) is 0 Å². The number of aryl methyl sites for hydroxylation is 1. The van der Waals surface area contributed by atoms with Gasteiger partial charge in [0.2, 0.25) is 0 Å². The predicted octanol–water partition coefficient (Wildman–Crippen LogP) is 0.693. The van der Waals surface area contributed by atoms with E-state index in [2.05, 4.69) is 10.1 Å². The summed E-state index contributed by atoms with van der Waals surface area (Å²) in [4.78, 5) is 26.2. The van der Waals surface area contributed by atoms with Crippen molar-refractivity contribution in [3.8, 4) is 0 Å². The van der Waals surface area contributed by atoms with E-state index in [0.29, 0.717) is 5.69 Å². The molecule has 0 fully saturated rings. The summed E-state index contributed by atoms with van der Waals surface area (Å²) >= 11 is 0. The molecule has 0 aromatic carbocycles. The van der Waals surface area contributed by atoms with Gasteiger partial charge in [-0.25, -0.2) is 9.48 Å². The highest BCUT2D eigenvalue weighted by Crippen LogP contribution is 2.01. The molecule has 0 aliphatic carbocycles. The Morgan fingerprint density at radius 2 is 2.17 bits per heavy atom. The average Bonchev–Trinajstić information content (AvgIpc) is 2.33. The van der Waals surface area contributed by atoms with Crippen molar-refractivity contribution in [2.75, 3.05) is 0 Å². The van der Waals surface area contributed by atoms with E-state index in [9.17, 15) is 9.59 Å². The molecule has 0 saturated heterocycles. The summed E-state index contributed by atoms with van der Waals surface area (Å²) in [5.41, 5.74) is 1.28. The number of nitrogens with zero attached hydrogens (tertiary/aromatic N) is 3. The van der Waals surface area contributed by atoms with Gasteiger partial charge >= 0.3 is 5.97 Å². The van der Waals surface area contributed by atoms with Gasteiger partial charge in [-0.3, -0.25) is 9.78 Å². The van der Waals surface area contributed by atoms with Crippen molar-refractivity contribution >= 4 is 5.97 Å². The standard InChI is InChI=1S/C12H11N3O3/c1-8-4-11(16)15(14-5-8)7-10-3-2-9(6-13-10)12(17)18/h2-6H,7H2,1H3,(H,17,18). The van der Waals surface area contributed by atoms with Gasteiger partial charge in [0.15, 0.2) is 0 Å². The van der Waals surface area contributed by atoms with Crippen LogP contribution in [0.4, 0.5) is 0 Å². The van der Waals surface area contributed by atoms with E-state index in [4.69, 9.17) is 5.11 Å². The van der Waals surface area contributed by atoms with E-state index < -0.39 is 5.97 Å². The third kappa shape index (κ3) is 2.60. The largest absolute Gasteiger partial charge is 0.478 e. The molecule has 6 nitrogen and oxygen atoms in total. The first kappa shape index (κ1) is 12.0. The first-order valence-corrected chi connectivity index (χ1v) is 5.28. The first-order chi connectivity index (χ1) is 8.56. The van der Waals surface area contributed by atoms with Crippen LogP contribution in [0.2, 0.25) is 0 Å². The third-order valence-electron chi connectivity index (χ3n) is 2.39. The SMILES string of the molecule is Cc1cnn(Cc2ccc(C(=O)O)cn2)c(=O)c1. The average molecular weight is 245 g/mol. The summed E-state index contributed by atoms with van der Waals surface area (Å²) in [6.45, 7) is 2.01. The molecular weight excluding hydrogens is 234 g/mol. The molecule has 0 saturated carbocycles.